The Morgan fingerprint density at radius 1 is 1.50 bits per heavy atom. The van der Waals surface area contributed by atoms with Crippen molar-refractivity contribution in [2.75, 3.05) is 5.32 Å². The quantitative estimate of drug-likeness (QED) is 0.919. The summed E-state index contributed by atoms with van der Waals surface area (Å²) in [5.74, 6) is 0.150. The van der Waals surface area contributed by atoms with Crippen molar-refractivity contribution in [3.8, 4) is 0 Å². The van der Waals surface area contributed by atoms with E-state index < -0.39 is 0 Å². The van der Waals surface area contributed by atoms with Crippen LogP contribution in [0.25, 0.3) is 0 Å². The Morgan fingerprint density at radius 2 is 2.25 bits per heavy atom. The van der Waals surface area contributed by atoms with Crippen LogP contribution in [0, 0.1) is 6.92 Å². The lowest BCUT2D eigenvalue weighted by atomic mass is 10.3. The van der Waals surface area contributed by atoms with Crippen molar-refractivity contribution in [1.82, 2.24) is 9.55 Å². The SMILES string of the molecule is Cc1ncc(Br)c(=O)n1CC(=O)Nc1cccc(Cl)c1. The molecule has 5 nitrogen and oxygen atoms in total. The normalized spacial score (nSPS) is 10.3. The lowest BCUT2D eigenvalue weighted by molar-refractivity contribution is -0.116. The third-order valence-corrected chi connectivity index (χ3v) is 3.39. The zero-order valence-electron chi connectivity index (χ0n) is 10.6. The molecule has 20 heavy (non-hydrogen) atoms. The van der Waals surface area contributed by atoms with Crippen LogP contribution in [0.1, 0.15) is 5.82 Å². The summed E-state index contributed by atoms with van der Waals surface area (Å²) in [4.78, 5) is 27.9. The van der Waals surface area contributed by atoms with Crippen LogP contribution < -0.4 is 10.9 Å². The molecule has 0 saturated carbocycles. The molecule has 1 N–H and O–H groups in total. The maximum absolute atomic E-state index is 12.0. The van der Waals surface area contributed by atoms with Gasteiger partial charge in [0.2, 0.25) is 5.91 Å². The predicted octanol–water partition coefficient (Wildman–Crippen LogP) is 2.61. The molecule has 7 heteroatoms. The first-order chi connectivity index (χ1) is 9.47. The van der Waals surface area contributed by atoms with E-state index in [1.54, 1.807) is 31.2 Å². The van der Waals surface area contributed by atoms with Gasteiger partial charge in [-0.25, -0.2) is 4.98 Å². The summed E-state index contributed by atoms with van der Waals surface area (Å²) in [5.41, 5.74) is 0.287. The predicted molar refractivity (Wildman–Crippen MR) is 81.0 cm³/mol. The van der Waals surface area contributed by atoms with Crippen molar-refractivity contribution < 1.29 is 4.79 Å². The highest BCUT2D eigenvalue weighted by Crippen LogP contribution is 2.14. The first-order valence-electron chi connectivity index (χ1n) is 5.75. The largest absolute Gasteiger partial charge is 0.324 e. The summed E-state index contributed by atoms with van der Waals surface area (Å²) in [5, 5.41) is 3.21. The summed E-state index contributed by atoms with van der Waals surface area (Å²) in [7, 11) is 0. The lowest BCUT2D eigenvalue weighted by Crippen LogP contribution is -2.30. The zero-order valence-corrected chi connectivity index (χ0v) is 12.9. The molecule has 104 valence electrons. The smallest absolute Gasteiger partial charge is 0.268 e. The van der Waals surface area contributed by atoms with Crippen LogP contribution in [0.5, 0.6) is 0 Å². The molecule has 2 aromatic rings. The minimum Gasteiger partial charge on any atom is -0.324 e. The van der Waals surface area contributed by atoms with Crippen LogP contribution in [-0.2, 0) is 11.3 Å². The monoisotopic (exact) mass is 355 g/mol. The van der Waals surface area contributed by atoms with Crippen LogP contribution in [0.2, 0.25) is 5.02 Å². The molecule has 0 bridgehead atoms. The minimum atomic E-state index is -0.322. The maximum Gasteiger partial charge on any atom is 0.268 e. The van der Waals surface area contributed by atoms with Gasteiger partial charge in [-0.1, -0.05) is 17.7 Å². The summed E-state index contributed by atoms with van der Waals surface area (Å²) < 4.78 is 1.61. The van der Waals surface area contributed by atoms with Gasteiger partial charge in [0.25, 0.3) is 5.56 Å². The Kier molecular flexibility index (Phi) is 4.57. The highest BCUT2D eigenvalue weighted by atomic mass is 79.9. The van der Waals surface area contributed by atoms with Crippen molar-refractivity contribution in [3.05, 3.63) is 56.1 Å². The Labute approximate surface area is 128 Å². The molecular weight excluding hydrogens is 346 g/mol. The van der Waals surface area contributed by atoms with Crippen LogP contribution in [0.3, 0.4) is 0 Å². The Bertz CT molecular complexity index is 715. The minimum absolute atomic E-state index is 0.108. The van der Waals surface area contributed by atoms with E-state index >= 15 is 0 Å². The zero-order chi connectivity index (χ0) is 14.7. The number of hydrogen-bond acceptors (Lipinski definition) is 3. The molecule has 0 radical (unpaired) electrons. The average Bonchev–Trinajstić information content (AvgIpc) is 2.39. The number of amides is 1. The van der Waals surface area contributed by atoms with E-state index in [0.717, 1.165) is 0 Å². The second kappa shape index (κ2) is 6.19. The molecule has 1 heterocycles. The van der Waals surface area contributed by atoms with E-state index in [4.69, 9.17) is 11.6 Å². The molecule has 0 aliphatic heterocycles. The van der Waals surface area contributed by atoms with Gasteiger partial charge in [0.15, 0.2) is 0 Å². The van der Waals surface area contributed by atoms with Crippen molar-refractivity contribution in [2.45, 2.75) is 13.5 Å². The topological polar surface area (TPSA) is 64.0 Å². The molecule has 1 aromatic carbocycles. The Balaban J connectivity index is 2.17. The standard InChI is InChI=1S/C13H11BrClN3O2/c1-8-16-6-11(14)13(20)18(8)7-12(19)17-10-4-2-3-9(15)5-10/h2-6H,7H2,1H3,(H,17,19). The number of anilines is 1. The first-order valence-corrected chi connectivity index (χ1v) is 6.92. The number of carbonyl (C=O) groups excluding carboxylic acids is 1. The molecule has 0 saturated heterocycles. The van der Waals surface area contributed by atoms with E-state index in [-0.39, 0.29) is 18.0 Å². The van der Waals surface area contributed by atoms with Crippen molar-refractivity contribution >= 4 is 39.1 Å². The van der Waals surface area contributed by atoms with E-state index in [9.17, 15) is 9.59 Å². The summed E-state index contributed by atoms with van der Waals surface area (Å²) in [6.07, 6.45) is 1.42. The Morgan fingerprint density at radius 3 is 2.95 bits per heavy atom. The molecule has 0 fully saturated rings. The second-order valence-corrected chi connectivity index (χ2v) is 5.39. The first kappa shape index (κ1) is 14.7. The third-order valence-electron chi connectivity index (χ3n) is 2.61. The number of nitrogens with one attached hydrogen (secondary N) is 1. The van der Waals surface area contributed by atoms with Crippen molar-refractivity contribution in [3.63, 3.8) is 0 Å². The van der Waals surface area contributed by atoms with Crippen LogP contribution in [0.15, 0.2) is 39.7 Å². The number of nitrogens with zero attached hydrogens (tertiary/aromatic N) is 2. The van der Waals surface area contributed by atoms with Gasteiger partial charge in [-0.15, -0.1) is 0 Å². The maximum atomic E-state index is 12.0. The van der Waals surface area contributed by atoms with E-state index in [2.05, 4.69) is 26.2 Å². The van der Waals surface area contributed by atoms with Crippen LogP contribution >= 0.6 is 27.5 Å². The third kappa shape index (κ3) is 3.46. The van der Waals surface area contributed by atoms with Crippen LogP contribution in [-0.4, -0.2) is 15.5 Å². The van der Waals surface area contributed by atoms with Gasteiger partial charge >= 0.3 is 0 Å². The molecular formula is C13H11BrClN3O2. The highest BCUT2D eigenvalue weighted by Gasteiger charge is 2.10. The molecule has 2 rings (SSSR count). The number of hydrogen-bond donors (Lipinski definition) is 1. The summed E-state index contributed by atoms with van der Waals surface area (Å²) in [6.45, 7) is 1.56. The molecule has 0 atom stereocenters. The molecule has 0 spiro atoms. The van der Waals surface area contributed by atoms with Crippen molar-refractivity contribution in [2.24, 2.45) is 0 Å². The van der Waals surface area contributed by atoms with Gasteiger partial charge in [0.05, 0.1) is 0 Å². The fourth-order valence-electron chi connectivity index (χ4n) is 1.65. The van der Waals surface area contributed by atoms with E-state index in [1.807, 2.05) is 0 Å². The van der Waals surface area contributed by atoms with Gasteiger partial charge in [-0.05, 0) is 41.1 Å². The summed E-state index contributed by atoms with van der Waals surface area (Å²) in [6, 6.07) is 6.80. The van der Waals surface area contributed by atoms with Gasteiger partial charge < -0.3 is 5.32 Å². The van der Waals surface area contributed by atoms with E-state index in [1.165, 1.54) is 10.8 Å². The number of aryl methyl sites for hydroxylation is 1. The Hall–Kier alpha value is -1.66. The van der Waals surface area contributed by atoms with Gasteiger partial charge in [0.1, 0.15) is 16.8 Å². The molecule has 0 aliphatic rings. The van der Waals surface area contributed by atoms with Gasteiger partial charge in [0, 0.05) is 16.9 Å². The highest BCUT2D eigenvalue weighted by molar-refractivity contribution is 9.10. The fraction of sp³-hybridized carbons (Fsp3) is 0.154. The number of rotatable bonds is 3. The lowest BCUT2D eigenvalue weighted by Gasteiger charge is -2.10. The molecule has 0 unspecified atom stereocenters. The molecule has 1 amide bonds. The number of carbonyl (C=O) groups is 1. The number of halogens is 2. The number of aromatic nitrogens is 2. The van der Waals surface area contributed by atoms with E-state index in [0.29, 0.717) is 21.0 Å². The molecule has 1 aromatic heterocycles. The van der Waals surface area contributed by atoms with Crippen molar-refractivity contribution in [1.29, 1.82) is 0 Å². The average molecular weight is 357 g/mol. The molecule has 0 aliphatic carbocycles. The van der Waals surface area contributed by atoms with Gasteiger partial charge in [-0.3, -0.25) is 14.2 Å². The fourth-order valence-corrected chi connectivity index (χ4v) is 2.15. The van der Waals surface area contributed by atoms with Crippen LogP contribution in [0.4, 0.5) is 5.69 Å². The second-order valence-electron chi connectivity index (χ2n) is 4.10. The summed E-state index contributed by atoms with van der Waals surface area (Å²) >= 11 is 8.94. The number of benzene rings is 1. The van der Waals surface area contributed by atoms with Gasteiger partial charge in [-0.2, -0.15) is 0 Å².